The lowest BCUT2D eigenvalue weighted by Crippen LogP contribution is -2.61. The van der Waals surface area contributed by atoms with Gasteiger partial charge in [-0.05, 0) is 101 Å². The van der Waals surface area contributed by atoms with Gasteiger partial charge >= 0.3 is 5.97 Å². The van der Waals surface area contributed by atoms with E-state index in [2.05, 4.69) is 21.3 Å². The fourth-order valence-corrected chi connectivity index (χ4v) is 8.60. The highest BCUT2D eigenvalue weighted by atomic mass is 16.6. The van der Waals surface area contributed by atoms with Gasteiger partial charge in [0.1, 0.15) is 49.1 Å². The van der Waals surface area contributed by atoms with Crippen LogP contribution in [0.1, 0.15) is 107 Å². The van der Waals surface area contributed by atoms with E-state index in [4.69, 9.17) is 14.2 Å². The van der Waals surface area contributed by atoms with Crippen molar-refractivity contribution in [1.29, 1.82) is 0 Å². The summed E-state index contributed by atoms with van der Waals surface area (Å²) in [5.41, 5.74) is 1.60. The number of amides is 4. The molecule has 0 aromatic heterocycles. The van der Waals surface area contributed by atoms with E-state index >= 15 is 0 Å². The van der Waals surface area contributed by atoms with Crippen LogP contribution in [0.2, 0.25) is 0 Å². The molecular formula is C54H74N5O10+. The number of carbonyl (C=O) groups excluding carboxylic acids is 7. The number of ether oxygens (including phenoxy) is 3. The third-order valence-electron chi connectivity index (χ3n) is 12.6. The summed E-state index contributed by atoms with van der Waals surface area (Å²) in [6.07, 6.45) is 2.09. The summed E-state index contributed by atoms with van der Waals surface area (Å²) in [4.78, 5) is 96.1. The number of esters is 1. The van der Waals surface area contributed by atoms with Gasteiger partial charge < -0.3 is 40.0 Å². The van der Waals surface area contributed by atoms with Crippen molar-refractivity contribution in [3.05, 3.63) is 101 Å². The van der Waals surface area contributed by atoms with Crippen molar-refractivity contribution in [2.45, 2.75) is 131 Å². The van der Waals surface area contributed by atoms with Crippen molar-refractivity contribution < 1.29 is 52.3 Å². The fourth-order valence-electron chi connectivity index (χ4n) is 8.60. The highest BCUT2D eigenvalue weighted by Crippen LogP contribution is 2.31. The molecule has 4 amide bonds. The van der Waals surface area contributed by atoms with Gasteiger partial charge in [0.2, 0.25) is 17.7 Å². The molecule has 3 aromatic carbocycles. The number of carbonyl (C=O) groups is 7. The summed E-state index contributed by atoms with van der Waals surface area (Å²) in [7, 11) is 0. The molecule has 0 bridgehead atoms. The Hall–Kier alpha value is -5.77. The van der Waals surface area contributed by atoms with E-state index in [1.165, 1.54) is 0 Å². The zero-order chi connectivity index (χ0) is 50.5. The summed E-state index contributed by atoms with van der Waals surface area (Å²) in [6, 6.07) is 18.3. The van der Waals surface area contributed by atoms with Crippen molar-refractivity contribution >= 4 is 41.7 Å². The molecule has 4 unspecified atom stereocenters. The van der Waals surface area contributed by atoms with E-state index < -0.39 is 58.9 Å². The molecule has 2 aliphatic rings. The maximum atomic E-state index is 14.5. The van der Waals surface area contributed by atoms with Gasteiger partial charge in [-0.3, -0.25) is 33.6 Å². The molecule has 374 valence electrons. The molecular weight excluding hydrogens is 879 g/mol. The number of nitrogens with one attached hydrogen (secondary N) is 4. The number of rotatable bonds is 24. The number of Topliss-reactive ketones (excluding diaryl/α,β-unsaturated/α-hetero) is 1. The van der Waals surface area contributed by atoms with Crippen LogP contribution < -0.4 is 26.0 Å². The molecule has 0 spiro atoms. The van der Waals surface area contributed by atoms with Crippen LogP contribution in [0.3, 0.4) is 0 Å². The molecule has 2 fully saturated rings. The number of quaternary nitrogens is 1. The molecule has 2 saturated heterocycles. The highest BCUT2D eigenvalue weighted by molar-refractivity contribution is 5.99. The third kappa shape index (κ3) is 16.1. The standard InChI is InChI=1S/C54H73N5O10/c1-35(2)26-43(48(62)54(9)34-68-54)56-51(65)45(30-39-18-14-11-15-19-39)58-50(64)44(27-36(3)4)57-49(63)42(21-20-38-16-12-10-13-17-38)55-46(61)32-59(22-24-67-25-23-59)31-40-28-37(5)47(41(29-40)33-60)69-52(66)53(6,7)8/h10-19,28-29,33,35-36,42-45H,20-27,30-32,34H2,1-9H3,(H3-,55,56,57,58,61,63,64,65)/p+1/t42?,43?,44?,45?,54-/m1/s1. The Morgan fingerprint density at radius 3 is 1.84 bits per heavy atom. The molecule has 5 atom stereocenters. The molecule has 3 aromatic rings. The van der Waals surface area contributed by atoms with Crippen LogP contribution in [0.4, 0.5) is 0 Å². The second-order valence-corrected chi connectivity index (χ2v) is 21.0. The maximum absolute atomic E-state index is 14.5. The highest BCUT2D eigenvalue weighted by Gasteiger charge is 2.50. The number of morpholine rings is 1. The summed E-state index contributed by atoms with van der Waals surface area (Å²) in [5, 5.41) is 11.8. The Morgan fingerprint density at radius 1 is 0.739 bits per heavy atom. The average Bonchev–Trinajstić information content (AvgIpc) is 4.05. The molecule has 0 saturated carbocycles. The van der Waals surface area contributed by atoms with Crippen molar-refractivity contribution in [3.63, 3.8) is 0 Å². The SMILES string of the molecule is Cc1cc(C[N+]2(CC(=O)NC(CCc3ccccc3)C(=O)NC(CC(C)C)C(=O)NC(Cc3ccccc3)C(=O)NC(CC(C)C)C(=O)[C@@]3(C)CO3)CCOCC2)cc(C=O)c1OC(=O)C(C)(C)C. The smallest absolute Gasteiger partial charge is 0.316 e. The van der Waals surface area contributed by atoms with Crippen molar-refractivity contribution in [2.75, 3.05) is 39.5 Å². The van der Waals surface area contributed by atoms with Crippen molar-refractivity contribution in [3.8, 4) is 5.75 Å². The first-order valence-corrected chi connectivity index (χ1v) is 24.3. The first-order valence-electron chi connectivity index (χ1n) is 24.3. The quantitative estimate of drug-likeness (QED) is 0.0298. The van der Waals surface area contributed by atoms with Gasteiger partial charge in [-0.25, -0.2) is 0 Å². The molecule has 15 heteroatoms. The van der Waals surface area contributed by atoms with Crippen LogP contribution in [-0.2, 0) is 57.6 Å². The van der Waals surface area contributed by atoms with Gasteiger partial charge in [-0.15, -0.1) is 0 Å². The van der Waals surface area contributed by atoms with E-state index in [0.29, 0.717) is 57.5 Å². The third-order valence-corrected chi connectivity index (χ3v) is 12.6. The molecule has 4 N–H and O–H groups in total. The minimum Gasteiger partial charge on any atom is -0.425 e. The second kappa shape index (κ2) is 24.2. The molecule has 0 radical (unpaired) electrons. The predicted molar refractivity (Wildman–Crippen MR) is 262 cm³/mol. The van der Waals surface area contributed by atoms with Crippen LogP contribution in [0.5, 0.6) is 5.75 Å². The number of epoxide rings is 1. The Balaban J connectivity index is 1.37. The molecule has 5 rings (SSSR count). The van der Waals surface area contributed by atoms with Gasteiger partial charge in [0.15, 0.2) is 18.6 Å². The maximum Gasteiger partial charge on any atom is 0.316 e. The molecule has 0 aliphatic carbocycles. The van der Waals surface area contributed by atoms with Gasteiger partial charge in [0.05, 0.1) is 36.8 Å². The van der Waals surface area contributed by atoms with E-state index in [0.717, 1.165) is 16.7 Å². The summed E-state index contributed by atoms with van der Waals surface area (Å²) < 4.78 is 17.2. The van der Waals surface area contributed by atoms with Gasteiger partial charge in [0.25, 0.3) is 5.91 Å². The number of aldehydes is 1. The Morgan fingerprint density at radius 2 is 1.28 bits per heavy atom. The first-order chi connectivity index (χ1) is 32.6. The topological polar surface area (TPSA) is 199 Å². The summed E-state index contributed by atoms with van der Waals surface area (Å²) in [5.74, 6) is -2.50. The van der Waals surface area contributed by atoms with Gasteiger partial charge in [0, 0.05) is 12.0 Å². The minimum absolute atomic E-state index is 0.00746. The largest absolute Gasteiger partial charge is 0.425 e. The van der Waals surface area contributed by atoms with Crippen LogP contribution >= 0.6 is 0 Å². The fraction of sp³-hybridized carbons (Fsp3) is 0.537. The van der Waals surface area contributed by atoms with Crippen LogP contribution in [-0.4, -0.2) is 115 Å². The van der Waals surface area contributed by atoms with Crippen LogP contribution in [0.25, 0.3) is 0 Å². The van der Waals surface area contributed by atoms with Crippen LogP contribution in [0.15, 0.2) is 72.8 Å². The van der Waals surface area contributed by atoms with Crippen molar-refractivity contribution in [1.82, 2.24) is 21.3 Å². The molecule has 69 heavy (non-hydrogen) atoms. The zero-order valence-electron chi connectivity index (χ0n) is 42.0. The number of hydrogen-bond donors (Lipinski definition) is 4. The predicted octanol–water partition coefficient (Wildman–Crippen LogP) is 5.37. The molecule has 2 heterocycles. The van der Waals surface area contributed by atoms with E-state index in [1.807, 2.05) is 94.4 Å². The lowest BCUT2D eigenvalue weighted by molar-refractivity contribution is -0.940. The zero-order valence-corrected chi connectivity index (χ0v) is 42.0. The lowest BCUT2D eigenvalue weighted by Gasteiger charge is -2.41. The van der Waals surface area contributed by atoms with Crippen LogP contribution in [0, 0.1) is 24.2 Å². The summed E-state index contributed by atoms with van der Waals surface area (Å²) in [6.45, 7) is 18.9. The number of hydrogen-bond acceptors (Lipinski definition) is 10. The van der Waals surface area contributed by atoms with Crippen molar-refractivity contribution in [2.24, 2.45) is 17.3 Å². The number of aryl methyl sites for hydroxylation is 2. The normalized spacial score (nSPS) is 18.2. The van der Waals surface area contributed by atoms with Gasteiger partial charge in [-0.1, -0.05) is 88.4 Å². The first kappa shape index (κ1) is 54.2. The minimum atomic E-state index is -1.09. The monoisotopic (exact) mass is 953 g/mol. The number of benzene rings is 3. The van der Waals surface area contributed by atoms with E-state index in [1.54, 1.807) is 40.7 Å². The van der Waals surface area contributed by atoms with E-state index in [9.17, 15) is 33.6 Å². The number of ketones is 1. The Kier molecular flexibility index (Phi) is 19.0. The summed E-state index contributed by atoms with van der Waals surface area (Å²) >= 11 is 0. The Bertz CT molecular complexity index is 2270. The van der Waals surface area contributed by atoms with Gasteiger partial charge in [-0.2, -0.15) is 0 Å². The molecule has 15 nitrogen and oxygen atoms in total. The Labute approximate surface area is 407 Å². The van der Waals surface area contributed by atoms with E-state index in [-0.39, 0.29) is 71.7 Å². The molecule has 2 aliphatic heterocycles. The second-order valence-electron chi connectivity index (χ2n) is 21.0. The average molecular weight is 953 g/mol. The number of nitrogens with zero attached hydrogens (tertiary/aromatic N) is 1. The lowest BCUT2D eigenvalue weighted by atomic mass is 9.93.